The van der Waals surface area contributed by atoms with Crippen LogP contribution in [0.15, 0.2) is 47.7 Å². The van der Waals surface area contributed by atoms with Gasteiger partial charge in [-0.3, -0.25) is 30.2 Å². The molecular formula is C16H14N6O3. The molecule has 0 radical (unpaired) electrons. The lowest BCUT2D eigenvalue weighted by molar-refractivity contribution is 0.0840. The quantitative estimate of drug-likeness (QED) is 0.662. The van der Waals surface area contributed by atoms with E-state index in [1.54, 1.807) is 31.2 Å². The first-order valence-corrected chi connectivity index (χ1v) is 7.48. The van der Waals surface area contributed by atoms with E-state index >= 15 is 0 Å². The van der Waals surface area contributed by atoms with Gasteiger partial charge in [0.05, 0.1) is 11.6 Å². The summed E-state index contributed by atoms with van der Waals surface area (Å²) in [6.45, 7) is 2.07. The Morgan fingerprint density at radius 3 is 2.48 bits per heavy atom. The standard InChI is InChI=1S/C16H14N6O3/c1-2-22-16(25)11-6-4-3-5-10(11)13(21-22)15(24)20-19-14(23)12-9-17-7-8-18-12/h3-9H,2H2,1H3,(H,19,23)(H,20,24). The van der Waals surface area contributed by atoms with E-state index in [1.807, 2.05) is 0 Å². The number of rotatable bonds is 3. The van der Waals surface area contributed by atoms with Crippen LogP contribution in [0.3, 0.4) is 0 Å². The summed E-state index contributed by atoms with van der Waals surface area (Å²) in [5.41, 5.74) is 4.34. The van der Waals surface area contributed by atoms with E-state index in [2.05, 4.69) is 25.9 Å². The van der Waals surface area contributed by atoms with Crippen molar-refractivity contribution >= 4 is 22.6 Å². The van der Waals surface area contributed by atoms with E-state index in [-0.39, 0.29) is 16.9 Å². The van der Waals surface area contributed by atoms with Crippen LogP contribution in [0, 0.1) is 0 Å². The van der Waals surface area contributed by atoms with Crippen molar-refractivity contribution in [3.8, 4) is 0 Å². The van der Waals surface area contributed by atoms with Crippen molar-refractivity contribution in [2.45, 2.75) is 13.5 Å². The zero-order chi connectivity index (χ0) is 17.8. The van der Waals surface area contributed by atoms with E-state index in [0.29, 0.717) is 17.3 Å². The van der Waals surface area contributed by atoms with Crippen LogP contribution in [-0.2, 0) is 6.54 Å². The normalized spacial score (nSPS) is 10.4. The molecule has 1 aromatic carbocycles. The van der Waals surface area contributed by atoms with Crippen molar-refractivity contribution in [3.05, 3.63) is 64.6 Å². The third-order valence-electron chi connectivity index (χ3n) is 3.47. The van der Waals surface area contributed by atoms with Crippen molar-refractivity contribution in [1.82, 2.24) is 30.6 Å². The molecular weight excluding hydrogens is 324 g/mol. The van der Waals surface area contributed by atoms with Gasteiger partial charge in [0.15, 0.2) is 5.69 Å². The summed E-state index contributed by atoms with van der Waals surface area (Å²) in [5, 5.41) is 4.87. The molecule has 0 spiro atoms. The van der Waals surface area contributed by atoms with Crippen LogP contribution in [-0.4, -0.2) is 31.6 Å². The molecule has 9 nitrogen and oxygen atoms in total. The third kappa shape index (κ3) is 3.20. The lowest BCUT2D eigenvalue weighted by atomic mass is 10.1. The van der Waals surface area contributed by atoms with Crippen molar-refractivity contribution in [3.63, 3.8) is 0 Å². The highest BCUT2D eigenvalue weighted by Gasteiger charge is 2.17. The van der Waals surface area contributed by atoms with Crippen molar-refractivity contribution in [2.75, 3.05) is 0 Å². The number of carbonyl (C=O) groups is 2. The fraction of sp³-hybridized carbons (Fsp3) is 0.125. The van der Waals surface area contributed by atoms with Gasteiger partial charge in [0.25, 0.3) is 17.4 Å². The Balaban J connectivity index is 1.89. The fourth-order valence-electron chi connectivity index (χ4n) is 2.27. The molecule has 0 bridgehead atoms. The molecule has 0 aliphatic heterocycles. The molecule has 0 aliphatic carbocycles. The van der Waals surface area contributed by atoms with Gasteiger partial charge in [-0.05, 0) is 13.0 Å². The Hall–Kier alpha value is -3.62. The number of amides is 2. The number of nitrogens with zero attached hydrogens (tertiary/aromatic N) is 4. The number of fused-ring (bicyclic) bond motifs is 1. The van der Waals surface area contributed by atoms with E-state index in [0.717, 1.165) is 0 Å². The van der Waals surface area contributed by atoms with Gasteiger partial charge in [0, 0.05) is 24.3 Å². The molecule has 2 amide bonds. The summed E-state index contributed by atoms with van der Waals surface area (Å²) in [4.78, 5) is 44.2. The Bertz CT molecular complexity index is 1000. The number of nitrogens with one attached hydrogen (secondary N) is 2. The molecule has 0 saturated carbocycles. The minimum Gasteiger partial charge on any atom is -0.267 e. The number of hydrazine groups is 1. The molecule has 2 aromatic heterocycles. The van der Waals surface area contributed by atoms with Crippen molar-refractivity contribution in [2.24, 2.45) is 0 Å². The second-order valence-electron chi connectivity index (χ2n) is 5.01. The minimum absolute atomic E-state index is 0.0384. The van der Waals surface area contributed by atoms with Gasteiger partial charge in [0.2, 0.25) is 0 Å². The molecule has 3 rings (SSSR count). The predicted octanol–water partition coefficient (Wildman–Crippen LogP) is 0.281. The molecule has 126 valence electrons. The highest BCUT2D eigenvalue weighted by atomic mass is 16.2. The number of carbonyl (C=O) groups excluding carboxylic acids is 2. The average molecular weight is 338 g/mol. The molecule has 9 heteroatoms. The van der Waals surface area contributed by atoms with Gasteiger partial charge in [-0.25, -0.2) is 9.67 Å². The van der Waals surface area contributed by atoms with Gasteiger partial charge in [-0.15, -0.1) is 0 Å². The highest BCUT2D eigenvalue weighted by Crippen LogP contribution is 2.12. The van der Waals surface area contributed by atoms with Crippen molar-refractivity contribution < 1.29 is 9.59 Å². The van der Waals surface area contributed by atoms with Crippen LogP contribution in [0.1, 0.15) is 27.9 Å². The van der Waals surface area contributed by atoms with Crippen LogP contribution in [0.5, 0.6) is 0 Å². The number of aromatic nitrogens is 4. The number of benzene rings is 1. The molecule has 0 aliphatic rings. The van der Waals surface area contributed by atoms with E-state index in [1.165, 1.54) is 23.3 Å². The molecule has 0 saturated heterocycles. The zero-order valence-electron chi connectivity index (χ0n) is 13.3. The van der Waals surface area contributed by atoms with Crippen LogP contribution >= 0.6 is 0 Å². The third-order valence-corrected chi connectivity index (χ3v) is 3.47. The Morgan fingerprint density at radius 2 is 1.80 bits per heavy atom. The highest BCUT2D eigenvalue weighted by molar-refractivity contribution is 6.05. The molecule has 0 unspecified atom stereocenters. The Morgan fingerprint density at radius 1 is 1.08 bits per heavy atom. The second kappa shape index (κ2) is 6.87. The Labute approximate surface area is 141 Å². The largest absolute Gasteiger partial charge is 0.290 e. The van der Waals surface area contributed by atoms with Crippen LogP contribution in [0.25, 0.3) is 10.8 Å². The summed E-state index contributed by atoms with van der Waals surface area (Å²) >= 11 is 0. The van der Waals surface area contributed by atoms with Gasteiger partial charge >= 0.3 is 0 Å². The Kier molecular flexibility index (Phi) is 4.46. The molecule has 2 N–H and O–H groups in total. The summed E-state index contributed by atoms with van der Waals surface area (Å²) < 4.78 is 1.20. The number of aryl methyl sites for hydroxylation is 1. The second-order valence-corrected chi connectivity index (χ2v) is 5.01. The molecule has 0 atom stereocenters. The predicted molar refractivity (Wildman–Crippen MR) is 88.6 cm³/mol. The summed E-state index contributed by atoms with van der Waals surface area (Å²) in [7, 11) is 0. The zero-order valence-corrected chi connectivity index (χ0v) is 13.3. The smallest absolute Gasteiger partial charge is 0.267 e. The van der Waals surface area contributed by atoms with Crippen LogP contribution < -0.4 is 16.4 Å². The van der Waals surface area contributed by atoms with Gasteiger partial charge < -0.3 is 0 Å². The number of hydrogen-bond acceptors (Lipinski definition) is 6. The summed E-state index contributed by atoms with van der Waals surface area (Å²) in [5.74, 6) is -1.26. The van der Waals surface area contributed by atoms with Gasteiger partial charge in [-0.2, -0.15) is 5.10 Å². The van der Waals surface area contributed by atoms with Crippen LogP contribution in [0.4, 0.5) is 0 Å². The van der Waals surface area contributed by atoms with E-state index in [4.69, 9.17) is 0 Å². The first kappa shape index (κ1) is 16.2. The van der Waals surface area contributed by atoms with Crippen LogP contribution in [0.2, 0.25) is 0 Å². The minimum atomic E-state index is -0.643. The maximum atomic E-state index is 12.4. The molecule has 2 heterocycles. The van der Waals surface area contributed by atoms with E-state index in [9.17, 15) is 14.4 Å². The SMILES string of the molecule is CCn1nc(C(=O)NNC(=O)c2cnccn2)c2ccccc2c1=O. The topological polar surface area (TPSA) is 119 Å². The molecule has 0 fully saturated rings. The summed E-state index contributed by atoms with van der Waals surface area (Å²) in [6.07, 6.45) is 4.06. The molecule has 25 heavy (non-hydrogen) atoms. The maximum Gasteiger partial charge on any atom is 0.290 e. The van der Waals surface area contributed by atoms with Gasteiger partial charge in [-0.1, -0.05) is 18.2 Å². The lowest BCUT2D eigenvalue weighted by Gasteiger charge is -2.10. The monoisotopic (exact) mass is 338 g/mol. The first-order valence-electron chi connectivity index (χ1n) is 7.48. The average Bonchev–Trinajstić information content (AvgIpc) is 2.67. The lowest BCUT2D eigenvalue weighted by Crippen LogP contribution is -2.43. The number of hydrogen-bond donors (Lipinski definition) is 2. The van der Waals surface area contributed by atoms with Crippen molar-refractivity contribution in [1.29, 1.82) is 0 Å². The molecule has 3 aromatic rings. The fourth-order valence-corrected chi connectivity index (χ4v) is 2.27. The maximum absolute atomic E-state index is 12.4. The first-order chi connectivity index (χ1) is 12.1. The van der Waals surface area contributed by atoms with Gasteiger partial charge in [0.1, 0.15) is 5.69 Å². The summed E-state index contributed by atoms with van der Waals surface area (Å²) in [6, 6.07) is 6.67. The van der Waals surface area contributed by atoms with E-state index < -0.39 is 11.8 Å².